The van der Waals surface area contributed by atoms with Crippen molar-refractivity contribution in [1.29, 1.82) is 0 Å². The molecule has 2 heteroatoms. The van der Waals surface area contributed by atoms with Crippen molar-refractivity contribution in [3.05, 3.63) is 0 Å². The maximum Gasteiger partial charge on any atom is 0.0238 e. The van der Waals surface area contributed by atoms with Gasteiger partial charge < -0.3 is 0 Å². The normalized spacial score (nSPS) is 17.4. The van der Waals surface area contributed by atoms with E-state index in [2.05, 4.69) is 33.1 Å². The highest BCUT2D eigenvalue weighted by molar-refractivity contribution is 4.74. The second-order valence-electron chi connectivity index (χ2n) is 4.81. The lowest BCUT2D eigenvalue weighted by Gasteiger charge is -2.26. The molecule has 0 amide bonds. The fourth-order valence-corrected chi connectivity index (χ4v) is 2.09. The highest BCUT2D eigenvalue weighted by atomic mass is 15.2. The third kappa shape index (κ3) is 6.16. The summed E-state index contributed by atoms with van der Waals surface area (Å²) in [6, 6.07) is 0.497. The number of nitrogens with two attached hydrogens (primary N) is 1. The summed E-state index contributed by atoms with van der Waals surface area (Å²) in [5, 5.41) is 0. The molecule has 0 saturated carbocycles. The molecular formula is C13H30N2. The van der Waals surface area contributed by atoms with Crippen molar-refractivity contribution < 1.29 is 0 Å². The lowest BCUT2D eigenvalue weighted by Crippen LogP contribution is -2.41. The van der Waals surface area contributed by atoms with Crippen molar-refractivity contribution >= 4 is 0 Å². The summed E-state index contributed by atoms with van der Waals surface area (Å²) in [5.74, 6) is 7.16. The van der Waals surface area contributed by atoms with Crippen LogP contribution in [0.25, 0.3) is 0 Å². The fraction of sp³-hybridized carbons (Fsp3) is 1.00. The second-order valence-corrected chi connectivity index (χ2v) is 4.81. The first-order valence-corrected chi connectivity index (χ1v) is 6.65. The SMILES string of the molecule is CCCCC(CC)CC(NN)C(C)CC. The van der Waals surface area contributed by atoms with Crippen molar-refractivity contribution in [1.82, 2.24) is 5.43 Å². The zero-order chi connectivity index (χ0) is 11.7. The van der Waals surface area contributed by atoms with E-state index in [1.54, 1.807) is 0 Å². The molecule has 0 radical (unpaired) electrons. The quantitative estimate of drug-likeness (QED) is 0.455. The minimum absolute atomic E-state index is 0.497. The molecule has 3 atom stereocenters. The molecule has 0 spiro atoms. The maximum absolute atomic E-state index is 5.63. The molecule has 92 valence electrons. The van der Waals surface area contributed by atoms with Crippen LogP contribution in [0.2, 0.25) is 0 Å². The van der Waals surface area contributed by atoms with Gasteiger partial charge >= 0.3 is 0 Å². The molecule has 0 bridgehead atoms. The van der Waals surface area contributed by atoms with E-state index < -0.39 is 0 Å². The summed E-state index contributed by atoms with van der Waals surface area (Å²) in [6.45, 7) is 9.09. The Balaban J connectivity index is 3.99. The van der Waals surface area contributed by atoms with Crippen LogP contribution >= 0.6 is 0 Å². The minimum atomic E-state index is 0.497. The smallest absolute Gasteiger partial charge is 0.0238 e. The van der Waals surface area contributed by atoms with E-state index >= 15 is 0 Å². The molecule has 2 nitrogen and oxygen atoms in total. The Morgan fingerprint density at radius 1 is 1.13 bits per heavy atom. The predicted octanol–water partition coefficient (Wildman–Crippen LogP) is 3.47. The van der Waals surface area contributed by atoms with Crippen LogP contribution in [0.15, 0.2) is 0 Å². The van der Waals surface area contributed by atoms with Gasteiger partial charge in [-0.1, -0.05) is 59.8 Å². The maximum atomic E-state index is 5.63. The monoisotopic (exact) mass is 214 g/mol. The van der Waals surface area contributed by atoms with Crippen LogP contribution in [-0.4, -0.2) is 6.04 Å². The number of rotatable bonds is 9. The Morgan fingerprint density at radius 2 is 1.80 bits per heavy atom. The van der Waals surface area contributed by atoms with Crippen molar-refractivity contribution in [2.75, 3.05) is 0 Å². The van der Waals surface area contributed by atoms with Gasteiger partial charge in [-0.15, -0.1) is 0 Å². The summed E-state index contributed by atoms with van der Waals surface area (Å²) in [4.78, 5) is 0. The van der Waals surface area contributed by atoms with Crippen molar-refractivity contribution in [3.8, 4) is 0 Å². The molecule has 0 heterocycles. The molecule has 0 aromatic rings. The molecule has 0 aliphatic carbocycles. The Kier molecular flexibility index (Phi) is 9.12. The molecular weight excluding hydrogens is 184 g/mol. The van der Waals surface area contributed by atoms with Gasteiger partial charge in [-0.3, -0.25) is 11.3 Å². The average Bonchev–Trinajstić information content (AvgIpc) is 2.28. The Morgan fingerprint density at radius 3 is 2.20 bits per heavy atom. The van der Waals surface area contributed by atoms with Crippen molar-refractivity contribution in [2.24, 2.45) is 17.7 Å². The molecule has 3 unspecified atom stereocenters. The van der Waals surface area contributed by atoms with Crippen molar-refractivity contribution in [2.45, 2.75) is 72.3 Å². The molecule has 0 rings (SSSR count). The lowest BCUT2D eigenvalue weighted by atomic mass is 9.86. The van der Waals surface area contributed by atoms with E-state index in [0.717, 1.165) is 5.92 Å². The van der Waals surface area contributed by atoms with E-state index in [4.69, 9.17) is 5.84 Å². The highest BCUT2D eigenvalue weighted by Crippen LogP contribution is 2.22. The van der Waals surface area contributed by atoms with E-state index in [1.165, 1.54) is 38.5 Å². The summed E-state index contributed by atoms with van der Waals surface area (Å²) in [5.41, 5.74) is 2.99. The standard InChI is InChI=1S/C13H30N2/c1-5-8-9-12(7-3)10-13(15-14)11(4)6-2/h11-13,15H,5-10,14H2,1-4H3. The molecule has 0 aliphatic rings. The summed E-state index contributed by atoms with van der Waals surface area (Å²) >= 11 is 0. The van der Waals surface area contributed by atoms with Gasteiger partial charge in [0.2, 0.25) is 0 Å². The van der Waals surface area contributed by atoms with E-state index in [-0.39, 0.29) is 0 Å². The molecule has 0 fully saturated rings. The first-order valence-electron chi connectivity index (χ1n) is 6.65. The molecule has 3 N–H and O–H groups in total. The molecule has 0 aromatic carbocycles. The van der Waals surface area contributed by atoms with Gasteiger partial charge in [0.25, 0.3) is 0 Å². The Bertz CT molecular complexity index is 136. The second kappa shape index (κ2) is 9.17. The number of hydrazine groups is 1. The summed E-state index contributed by atoms with van der Waals surface area (Å²) in [6.07, 6.45) is 7.76. The van der Waals surface area contributed by atoms with E-state index in [1.807, 2.05) is 0 Å². The first-order chi connectivity index (χ1) is 7.19. The van der Waals surface area contributed by atoms with Crippen LogP contribution in [-0.2, 0) is 0 Å². The molecule has 0 saturated heterocycles. The zero-order valence-electron chi connectivity index (χ0n) is 11.1. The predicted molar refractivity (Wildman–Crippen MR) is 68.5 cm³/mol. The number of nitrogens with one attached hydrogen (secondary N) is 1. The van der Waals surface area contributed by atoms with Crippen LogP contribution in [0.5, 0.6) is 0 Å². The number of hydrogen-bond acceptors (Lipinski definition) is 2. The van der Waals surface area contributed by atoms with Gasteiger partial charge in [0.1, 0.15) is 0 Å². The van der Waals surface area contributed by atoms with E-state index in [0.29, 0.717) is 12.0 Å². The van der Waals surface area contributed by atoms with Crippen LogP contribution < -0.4 is 11.3 Å². The Labute approximate surface area is 96.0 Å². The van der Waals surface area contributed by atoms with Gasteiger partial charge in [-0.05, 0) is 18.3 Å². The third-order valence-corrected chi connectivity index (χ3v) is 3.68. The summed E-state index contributed by atoms with van der Waals surface area (Å²) < 4.78 is 0. The van der Waals surface area contributed by atoms with Gasteiger partial charge in [-0.2, -0.15) is 0 Å². The molecule has 0 aromatic heterocycles. The van der Waals surface area contributed by atoms with Crippen LogP contribution in [0, 0.1) is 11.8 Å². The van der Waals surface area contributed by atoms with Gasteiger partial charge in [0.15, 0.2) is 0 Å². The Hall–Kier alpha value is -0.0800. The fourth-order valence-electron chi connectivity index (χ4n) is 2.09. The largest absolute Gasteiger partial charge is 0.271 e. The zero-order valence-corrected chi connectivity index (χ0v) is 11.1. The van der Waals surface area contributed by atoms with Crippen LogP contribution in [0.3, 0.4) is 0 Å². The number of hydrogen-bond donors (Lipinski definition) is 2. The lowest BCUT2D eigenvalue weighted by molar-refractivity contribution is 0.284. The molecule has 0 aliphatic heterocycles. The summed E-state index contributed by atoms with van der Waals surface area (Å²) in [7, 11) is 0. The van der Waals surface area contributed by atoms with E-state index in [9.17, 15) is 0 Å². The minimum Gasteiger partial charge on any atom is -0.271 e. The third-order valence-electron chi connectivity index (χ3n) is 3.68. The average molecular weight is 214 g/mol. The van der Waals surface area contributed by atoms with Gasteiger partial charge in [0.05, 0.1) is 0 Å². The first kappa shape index (κ1) is 14.9. The van der Waals surface area contributed by atoms with Crippen LogP contribution in [0.4, 0.5) is 0 Å². The molecule has 15 heavy (non-hydrogen) atoms. The van der Waals surface area contributed by atoms with Gasteiger partial charge in [0, 0.05) is 6.04 Å². The number of unbranched alkanes of at least 4 members (excludes halogenated alkanes) is 1. The van der Waals surface area contributed by atoms with Gasteiger partial charge in [-0.25, -0.2) is 0 Å². The van der Waals surface area contributed by atoms with Crippen LogP contribution in [0.1, 0.15) is 66.2 Å². The van der Waals surface area contributed by atoms with Crippen molar-refractivity contribution in [3.63, 3.8) is 0 Å². The highest BCUT2D eigenvalue weighted by Gasteiger charge is 2.18. The topological polar surface area (TPSA) is 38.0 Å².